The van der Waals surface area contributed by atoms with E-state index in [9.17, 15) is 9.36 Å². The highest BCUT2D eigenvalue weighted by atomic mass is 31.2. The average molecular weight is 273 g/mol. The van der Waals surface area contributed by atoms with Gasteiger partial charge in [0.25, 0.3) is 0 Å². The predicted octanol–water partition coefficient (Wildman–Crippen LogP) is 0.797. The number of carbonyl (C=O) groups is 1. The largest absolute Gasteiger partial charge is 0.480 e. The van der Waals surface area contributed by atoms with Gasteiger partial charge in [-0.15, -0.1) is 0 Å². The van der Waals surface area contributed by atoms with E-state index in [0.29, 0.717) is 6.42 Å². The number of carboxylic acids is 1. The maximum absolute atomic E-state index is 10.9. The molecule has 100 valence electrons. The zero-order chi connectivity index (χ0) is 13.6. The molecule has 0 heterocycles. The van der Waals surface area contributed by atoms with Gasteiger partial charge in [-0.3, -0.25) is 14.7 Å². The molecule has 1 aromatic rings. The molecule has 0 amide bonds. The van der Waals surface area contributed by atoms with E-state index in [4.69, 9.17) is 14.9 Å². The van der Waals surface area contributed by atoms with Crippen LogP contribution in [0.25, 0.3) is 0 Å². The first-order valence-electron chi connectivity index (χ1n) is 5.43. The Morgan fingerprint density at radius 1 is 1.28 bits per heavy atom. The Morgan fingerprint density at radius 2 is 1.89 bits per heavy atom. The fourth-order valence-corrected chi connectivity index (χ4v) is 1.96. The molecule has 0 radical (unpaired) electrons. The third-order valence-corrected chi connectivity index (χ3v) is 3.00. The van der Waals surface area contributed by atoms with Gasteiger partial charge in [-0.1, -0.05) is 30.3 Å². The van der Waals surface area contributed by atoms with Crippen molar-refractivity contribution in [2.24, 2.45) is 0 Å². The minimum atomic E-state index is -4.23. The summed E-state index contributed by atoms with van der Waals surface area (Å²) < 4.78 is 10.7. The van der Waals surface area contributed by atoms with Crippen molar-refractivity contribution >= 4 is 13.6 Å². The number of nitrogens with one attached hydrogen (secondary N) is 1. The van der Waals surface area contributed by atoms with E-state index in [1.807, 2.05) is 30.3 Å². The van der Waals surface area contributed by atoms with E-state index in [0.717, 1.165) is 5.56 Å². The molecule has 1 atom stereocenters. The Morgan fingerprint density at radius 3 is 2.39 bits per heavy atom. The Kier molecular flexibility index (Phi) is 5.50. The molecule has 0 aromatic heterocycles. The first kappa shape index (κ1) is 14.9. The fourth-order valence-electron chi connectivity index (χ4n) is 1.50. The van der Waals surface area contributed by atoms with Gasteiger partial charge in [0, 0.05) is 0 Å². The molecule has 1 unspecified atom stereocenters. The summed E-state index contributed by atoms with van der Waals surface area (Å²) in [4.78, 5) is 28.3. The Bertz CT molecular complexity index is 430. The second kappa shape index (κ2) is 6.66. The zero-order valence-electron chi connectivity index (χ0n) is 9.69. The minimum absolute atomic E-state index is 0.277. The molecular formula is C11H16NO5P. The van der Waals surface area contributed by atoms with E-state index in [1.165, 1.54) is 0 Å². The molecule has 1 aromatic carbocycles. The normalized spacial score (nSPS) is 13.2. The Labute approximate surface area is 105 Å². The van der Waals surface area contributed by atoms with Crippen LogP contribution in [0.4, 0.5) is 0 Å². The van der Waals surface area contributed by atoms with Gasteiger partial charge in [0.05, 0.1) is 6.29 Å². The number of rotatable bonds is 7. The molecule has 18 heavy (non-hydrogen) atoms. The lowest BCUT2D eigenvalue weighted by atomic mass is 10.1. The monoisotopic (exact) mass is 273 g/mol. The summed E-state index contributed by atoms with van der Waals surface area (Å²) in [6, 6.07) is 8.37. The van der Waals surface area contributed by atoms with Gasteiger partial charge in [-0.25, -0.2) is 0 Å². The summed E-state index contributed by atoms with van der Waals surface area (Å²) in [6.07, 6.45) is 0.185. The second-order valence-electron chi connectivity index (χ2n) is 3.94. The summed E-state index contributed by atoms with van der Waals surface area (Å²) in [5.74, 6) is -1.11. The molecule has 0 aliphatic carbocycles. The molecule has 6 nitrogen and oxygen atoms in total. The van der Waals surface area contributed by atoms with E-state index in [-0.39, 0.29) is 6.42 Å². The first-order valence-corrected chi connectivity index (χ1v) is 7.23. The van der Waals surface area contributed by atoms with Crippen molar-refractivity contribution in [3.05, 3.63) is 35.9 Å². The van der Waals surface area contributed by atoms with Crippen molar-refractivity contribution in [1.82, 2.24) is 5.32 Å². The van der Waals surface area contributed by atoms with Crippen molar-refractivity contribution < 1.29 is 24.3 Å². The molecule has 0 bridgehead atoms. The van der Waals surface area contributed by atoms with Crippen molar-refractivity contribution in [1.29, 1.82) is 0 Å². The van der Waals surface area contributed by atoms with E-state index >= 15 is 0 Å². The van der Waals surface area contributed by atoms with Gasteiger partial charge in [0.2, 0.25) is 0 Å². The van der Waals surface area contributed by atoms with Crippen molar-refractivity contribution in [3.63, 3.8) is 0 Å². The predicted molar refractivity (Wildman–Crippen MR) is 66.2 cm³/mol. The third-order valence-electron chi connectivity index (χ3n) is 2.41. The smallest absolute Gasteiger partial charge is 0.339 e. The highest BCUT2D eigenvalue weighted by molar-refractivity contribution is 7.51. The number of aryl methyl sites for hydroxylation is 1. The van der Waals surface area contributed by atoms with Crippen molar-refractivity contribution in [2.45, 2.75) is 18.9 Å². The van der Waals surface area contributed by atoms with Crippen LogP contribution in [0.1, 0.15) is 12.0 Å². The molecular weight excluding hydrogens is 257 g/mol. The van der Waals surface area contributed by atoms with E-state index < -0.39 is 25.9 Å². The van der Waals surface area contributed by atoms with Gasteiger partial charge in [0.15, 0.2) is 0 Å². The minimum Gasteiger partial charge on any atom is -0.480 e. The Hall–Kier alpha value is -1.20. The van der Waals surface area contributed by atoms with Crippen molar-refractivity contribution in [2.75, 3.05) is 6.29 Å². The SMILES string of the molecule is O=C(O)C(CCc1ccccc1)NCP(=O)(O)O. The topological polar surface area (TPSA) is 107 Å². The molecule has 7 heteroatoms. The van der Waals surface area contributed by atoms with E-state index in [2.05, 4.69) is 5.32 Å². The van der Waals surface area contributed by atoms with Gasteiger partial charge >= 0.3 is 13.6 Å². The second-order valence-corrected chi connectivity index (χ2v) is 5.59. The van der Waals surface area contributed by atoms with E-state index in [1.54, 1.807) is 0 Å². The Balaban J connectivity index is 2.49. The van der Waals surface area contributed by atoms with Gasteiger partial charge in [0.1, 0.15) is 6.04 Å². The molecule has 0 spiro atoms. The maximum atomic E-state index is 10.9. The lowest BCUT2D eigenvalue weighted by Crippen LogP contribution is -2.37. The summed E-state index contributed by atoms with van der Waals surface area (Å²) in [6.45, 7) is 0. The van der Waals surface area contributed by atoms with Crippen LogP contribution < -0.4 is 5.32 Å². The number of hydrogen-bond acceptors (Lipinski definition) is 3. The quantitative estimate of drug-likeness (QED) is 0.547. The summed E-state index contributed by atoms with van der Waals surface area (Å²) >= 11 is 0. The standard InChI is InChI=1S/C11H16NO5P/c13-11(14)10(12-8-18(15,16)17)7-6-9-4-2-1-3-5-9/h1-5,10,12H,6-8H2,(H,13,14)(H2,15,16,17). The van der Waals surface area contributed by atoms with Crippen LogP contribution in [-0.4, -0.2) is 33.2 Å². The zero-order valence-corrected chi connectivity index (χ0v) is 10.6. The summed E-state index contributed by atoms with van der Waals surface area (Å²) in [7, 11) is -4.23. The molecule has 0 saturated heterocycles. The average Bonchev–Trinajstić information content (AvgIpc) is 2.28. The summed E-state index contributed by atoms with van der Waals surface area (Å²) in [5.41, 5.74) is 0.988. The molecule has 0 saturated carbocycles. The van der Waals surface area contributed by atoms with Gasteiger partial charge in [-0.05, 0) is 18.4 Å². The van der Waals surface area contributed by atoms with Crippen LogP contribution in [0.5, 0.6) is 0 Å². The highest BCUT2D eigenvalue weighted by Gasteiger charge is 2.21. The van der Waals surface area contributed by atoms with Crippen LogP contribution in [0.2, 0.25) is 0 Å². The highest BCUT2D eigenvalue weighted by Crippen LogP contribution is 2.32. The molecule has 0 aliphatic rings. The first-order chi connectivity index (χ1) is 8.38. The lowest BCUT2D eigenvalue weighted by molar-refractivity contribution is -0.139. The van der Waals surface area contributed by atoms with Gasteiger partial charge < -0.3 is 14.9 Å². The van der Waals surface area contributed by atoms with Crippen LogP contribution in [-0.2, 0) is 15.8 Å². The van der Waals surface area contributed by atoms with Crippen LogP contribution in [0.3, 0.4) is 0 Å². The lowest BCUT2D eigenvalue weighted by Gasteiger charge is -2.14. The fraction of sp³-hybridized carbons (Fsp3) is 0.364. The number of hydrogen-bond donors (Lipinski definition) is 4. The molecule has 1 rings (SSSR count). The third kappa shape index (κ3) is 5.93. The van der Waals surface area contributed by atoms with Crippen LogP contribution in [0, 0.1) is 0 Å². The number of carboxylic acid groups (broad SMARTS) is 1. The van der Waals surface area contributed by atoms with Gasteiger partial charge in [-0.2, -0.15) is 0 Å². The maximum Gasteiger partial charge on any atom is 0.339 e. The van der Waals surface area contributed by atoms with Crippen LogP contribution in [0.15, 0.2) is 30.3 Å². The number of aliphatic carboxylic acids is 1. The van der Waals surface area contributed by atoms with Crippen molar-refractivity contribution in [3.8, 4) is 0 Å². The molecule has 4 N–H and O–H groups in total. The molecule has 0 aliphatic heterocycles. The molecule has 0 fully saturated rings. The summed E-state index contributed by atoms with van der Waals surface area (Å²) in [5, 5.41) is 11.3. The van der Waals surface area contributed by atoms with Crippen LogP contribution >= 0.6 is 7.60 Å². The number of benzene rings is 1.